The van der Waals surface area contributed by atoms with Crippen molar-refractivity contribution in [2.24, 2.45) is 0 Å². The summed E-state index contributed by atoms with van der Waals surface area (Å²) in [4.78, 5) is 26.2. The van der Waals surface area contributed by atoms with Gasteiger partial charge in [0.15, 0.2) is 6.10 Å². The number of nitrogens with zero attached hydrogens (tertiary/aromatic N) is 1. The van der Waals surface area contributed by atoms with E-state index in [0.29, 0.717) is 11.4 Å². The average Bonchev–Trinajstić information content (AvgIpc) is 2.77. The van der Waals surface area contributed by atoms with Crippen LogP contribution < -0.4 is 10.1 Å². The number of anilines is 1. The van der Waals surface area contributed by atoms with Crippen molar-refractivity contribution in [3.05, 3.63) is 24.3 Å². The van der Waals surface area contributed by atoms with Gasteiger partial charge in [0, 0.05) is 13.1 Å². The molecule has 0 saturated carbocycles. The fraction of sp³-hybridized carbons (Fsp3) is 0.500. The zero-order valence-electron chi connectivity index (χ0n) is 12.0. The van der Waals surface area contributed by atoms with Crippen LogP contribution in [0.4, 0.5) is 5.69 Å². The summed E-state index contributed by atoms with van der Waals surface area (Å²) in [5.74, 6) is 0.402. The number of hydrogen-bond donors (Lipinski definition) is 1. The number of fused-ring (bicyclic) bond motifs is 1. The lowest BCUT2D eigenvalue weighted by molar-refractivity contribution is -0.137. The number of para-hydroxylation sites is 2. The minimum absolute atomic E-state index is 0.0106. The van der Waals surface area contributed by atoms with Gasteiger partial charge in [-0.2, -0.15) is 0 Å². The van der Waals surface area contributed by atoms with Crippen LogP contribution in [0.25, 0.3) is 0 Å². The summed E-state index contributed by atoms with van der Waals surface area (Å²) in [5.41, 5.74) is 0.668. The fourth-order valence-corrected chi connectivity index (χ4v) is 2.83. The van der Waals surface area contributed by atoms with E-state index in [4.69, 9.17) is 4.74 Å². The number of hydrogen-bond acceptors (Lipinski definition) is 3. The van der Waals surface area contributed by atoms with Gasteiger partial charge in [-0.05, 0) is 25.0 Å². The number of nitrogens with one attached hydrogen (secondary N) is 1. The summed E-state index contributed by atoms with van der Waals surface area (Å²) in [6.45, 7) is 1.59. The molecule has 2 amide bonds. The second-order valence-corrected chi connectivity index (χ2v) is 5.59. The maximum Gasteiger partial charge on any atom is 0.266 e. The number of rotatable bonds is 2. The van der Waals surface area contributed by atoms with Crippen molar-refractivity contribution in [1.82, 2.24) is 4.90 Å². The average molecular weight is 288 g/mol. The second kappa shape index (κ2) is 6.16. The highest BCUT2D eigenvalue weighted by Gasteiger charge is 2.31. The molecule has 0 aliphatic carbocycles. The lowest BCUT2D eigenvalue weighted by Gasteiger charge is -2.27. The van der Waals surface area contributed by atoms with Crippen molar-refractivity contribution in [2.45, 2.75) is 38.2 Å². The summed E-state index contributed by atoms with van der Waals surface area (Å²) >= 11 is 0. The van der Waals surface area contributed by atoms with Gasteiger partial charge >= 0.3 is 0 Å². The van der Waals surface area contributed by atoms with Crippen molar-refractivity contribution < 1.29 is 14.3 Å². The van der Waals surface area contributed by atoms with Crippen molar-refractivity contribution >= 4 is 17.5 Å². The first-order valence-corrected chi connectivity index (χ1v) is 7.58. The summed E-state index contributed by atoms with van der Waals surface area (Å²) in [5, 5.41) is 2.80. The van der Waals surface area contributed by atoms with Gasteiger partial charge in [-0.15, -0.1) is 0 Å². The number of carbonyl (C=O) groups is 2. The molecule has 0 unspecified atom stereocenters. The Morgan fingerprint density at radius 3 is 2.67 bits per heavy atom. The van der Waals surface area contributed by atoms with Gasteiger partial charge in [0.25, 0.3) is 5.91 Å². The molecule has 1 aromatic carbocycles. The zero-order valence-corrected chi connectivity index (χ0v) is 12.0. The molecule has 1 N–H and O–H groups in total. The third-order valence-electron chi connectivity index (χ3n) is 4.03. The van der Waals surface area contributed by atoms with Gasteiger partial charge in [0.1, 0.15) is 5.75 Å². The first-order chi connectivity index (χ1) is 10.2. The van der Waals surface area contributed by atoms with Crippen LogP contribution in [0.1, 0.15) is 32.1 Å². The molecule has 2 aliphatic heterocycles. The first kappa shape index (κ1) is 13.9. The van der Waals surface area contributed by atoms with Crippen molar-refractivity contribution in [2.75, 3.05) is 18.4 Å². The van der Waals surface area contributed by atoms with Crippen LogP contribution in [0.5, 0.6) is 5.75 Å². The van der Waals surface area contributed by atoms with Crippen LogP contribution in [0, 0.1) is 0 Å². The monoisotopic (exact) mass is 288 g/mol. The van der Waals surface area contributed by atoms with Crippen LogP contribution in [0.15, 0.2) is 24.3 Å². The molecular weight excluding hydrogens is 268 g/mol. The van der Waals surface area contributed by atoms with Crippen LogP contribution in [-0.2, 0) is 9.59 Å². The molecule has 112 valence electrons. The van der Waals surface area contributed by atoms with E-state index in [1.54, 1.807) is 12.1 Å². The molecule has 1 atom stereocenters. The zero-order chi connectivity index (χ0) is 14.7. The highest BCUT2D eigenvalue weighted by atomic mass is 16.5. The molecule has 1 aromatic rings. The predicted octanol–water partition coefficient (Wildman–Crippen LogP) is 2.18. The molecule has 0 spiro atoms. The standard InChI is InChI=1S/C16H20N2O3/c19-15(18-9-5-1-2-6-10-18)11-14-16(20)17-12-7-3-4-8-13(12)21-14/h3-4,7-8,14H,1-2,5-6,9-11H2,(H,17,20)/t14-/m1/s1. The molecule has 1 fully saturated rings. The van der Waals surface area contributed by atoms with E-state index in [-0.39, 0.29) is 18.2 Å². The largest absolute Gasteiger partial charge is 0.478 e. The Balaban J connectivity index is 1.65. The van der Waals surface area contributed by atoms with Crippen LogP contribution in [-0.4, -0.2) is 35.9 Å². The van der Waals surface area contributed by atoms with Gasteiger partial charge in [-0.25, -0.2) is 0 Å². The molecule has 2 aliphatic rings. The van der Waals surface area contributed by atoms with E-state index in [2.05, 4.69) is 5.32 Å². The molecule has 0 bridgehead atoms. The molecule has 1 saturated heterocycles. The summed E-state index contributed by atoms with van der Waals surface area (Å²) in [7, 11) is 0. The lowest BCUT2D eigenvalue weighted by atomic mass is 10.1. The molecule has 21 heavy (non-hydrogen) atoms. The maximum atomic E-state index is 12.3. The molecule has 0 aromatic heterocycles. The van der Waals surface area contributed by atoms with Crippen LogP contribution >= 0.6 is 0 Å². The van der Waals surface area contributed by atoms with E-state index in [9.17, 15) is 9.59 Å². The summed E-state index contributed by atoms with van der Waals surface area (Å²) in [6.07, 6.45) is 3.84. The minimum Gasteiger partial charge on any atom is -0.478 e. The maximum absolute atomic E-state index is 12.3. The number of ether oxygens (including phenoxy) is 1. The quantitative estimate of drug-likeness (QED) is 0.907. The van der Waals surface area contributed by atoms with Crippen molar-refractivity contribution in [3.8, 4) is 5.75 Å². The lowest BCUT2D eigenvalue weighted by Crippen LogP contribution is -2.42. The number of likely N-dealkylation sites (tertiary alicyclic amines) is 1. The highest BCUT2D eigenvalue weighted by molar-refractivity contribution is 5.99. The first-order valence-electron chi connectivity index (χ1n) is 7.58. The minimum atomic E-state index is -0.726. The van der Waals surface area contributed by atoms with Gasteiger partial charge in [-0.3, -0.25) is 9.59 Å². The van der Waals surface area contributed by atoms with Gasteiger partial charge in [-0.1, -0.05) is 25.0 Å². The third kappa shape index (κ3) is 3.17. The second-order valence-electron chi connectivity index (χ2n) is 5.59. The van der Waals surface area contributed by atoms with Crippen LogP contribution in [0.3, 0.4) is 0 Å². The SMILES string of the molecule is O=C1Nc2ccccc2O[C@@H]1CC(=O)N1CCCCCC1. The fourth-order valence-electron chi connectivity index (χ4n) is 2.83. The van der Waals surface area contributed by atoms with Crippen LogP contribution in [0.2, 0.25) is 0 Å². The predicted molar refractivity (Wildman–Crippen MR) is 79.2 cm³/mol. The Bertz CT molecular complexity index is 536. The van der Waals surface area contributed by atoms with Gasteiger partial charge < -0.3 is 15.0 Å². The molecule has 5 nitrogen and oxygen atoms in total. The van der Waals surface area contributed by atoms with Crippen molar-refractivity contribution in [3.63, 3.8) is 0 Å². The van der Waals surface area contributed by atoms with E-state index >= 15 is 0 Å². The Kier molecular flexibility index (Phi) is 4.08. The Morgan fingerprint density at radius 1 is 1.19 bits per heavy atom. The Morgan fingerprint density at radius 2 is 1.90 bits per heavy atom. The van der Waals surface area contributed by atoms with Gasteiger partial charge in [0.05, 0.1) is 12.1 Å². The topological polar surface area (TPSA) is 58.6 Å². The van der Waals surface area contributed by atoms with E-state index in [0.717, 1.165) is 25.9 Å². The van der Waals surface area contributed by atoms with Gasteiger partial charge in [0.2, 0.25) is 5.91 Å². The summed E-state index contributed by atoms with van der Waals surface area (Å²) in [6, 6.07) is 7.29. The number of carbonyl (C=O) groups excluding carboxylic acids is 2. The Labute approximate surface area is 124 Å². The van der Waals surface area contributed by atoms with Crippen molar-refractivity contribution in [1.29, 1.82) is 0 Å². The molecule has 3 rings (SSSR count). The molecule has 5 heteroatoms. The molecule has 0 radical (unpaired) electrons. The highest BCUT2D eigenvalue weighted by Crippen LogP contribution is 2.29. The summed E-state index contributed by atoms with van der Waals surface area (Å²) < 4.78 is 5.68. The number of benzene rings is 1. The smallest absolute Gasteiger partial charge is 0.266 e. The third-order valence-corrected chi connectivity index (χ3v) is 4.03. The molecular formula is C16H20N2O3. The van der Waals surface area contributed by atoms with E-state index < -0.39 is 6.10 Å². The van der Waals surface area contributed by atoms with E-state index in [1.165, 1.54) is 12.8 Å². The number of amides is 2. The Hall–Kier alpha value is -2.04. The normalized spacial score (nSPS) is 21.8. The van der Waals surface area contributed by atoms with E-state index in [1.807, 2.05) is 17.0 Å². The molecule has 2 heterocycles.